The summed E-state index contributed by atoms with van der Waals surface area (Å²) < 4.78 is 27.3. The topological polar surface area (TPSA) is 12.0 Å². The predicted octanol–water partition coefficient (Wildman–Crippen LogP) is 4.88. The van der Waals surface area contributed by atoms with Gasteiger partial charge < -0.3 is 5.32 Å². The van der Waals surface area contributed by atoms with E-state index in [2.05, 4.69) is 21.2 Å². The van der Waals surface area contributed by atoms with Crippen LogP contribution in [0.1, 0.15) is 17.2 Å². The molecule has 1 N–H and O–H groups in total. The average molecular weight is 361 g/mol. The summed E-state index contributed by atoms with van der Waals surface area (Å²) in [6, 6.07) is 9.28. The molecule has 5 heteroatoms. The second-order valence-electron chi connectivity index (χ2n) is 4.50. The second kappa shape index (κ2) is 6.66. The summed E-state index contributed by atoms with van der Waals surface area (Å²) in [5.41, 5.74) is 1.70. The average Bonchev–Trinajstić information content (AvgIpc) is 2.38. The number of nitrogens with one attached hydrogen (secondary N) is 1. The molecule has 0 radical (unpaired) electrons. The van der Waals surface area contributed by atoms with Crippen molar-refractivity contribution in [3.8, 4) is 0 Å². The number of rotatable bonds is 4. The molecule has 0 aliphatic heterocycles. The van der Waals surface area contributed by atoms with Crippen molar-refractivity contribution in [1.29, 1.82) is 0 Å². The summed E-state index contributed by atoms with van der Waals surface area (Å²) in [4.78, 5) is 0. The van der Waals surface area contributed by atoms with Gasteiger partial charge >= 0.3 is 0 Å². The Hall–Kier alpha value is -0.970. The van der Waals surface area contributed by atoms with Gasteiger partial charge in [-0.1, -0.05) is 33.6 Å². The lowest BCUT2D eigenvalue weighted by molar-refractivity contribution is 0.575. The third kappa shape index (κ3) is 3.78. The summed E-state index contributed by atoms with van der Waals surface area (Å²) in [5.74, 6) is -0.739. The molecular weight excluding hydrogens is 348 g/mol. The minimum absolute atomic E-state index is 0.0801. The summed E-state index contributed by atoms with van der Waals surface area (Å²) in [5, 5.41) is 3.23. The second-order valence-corrected chi connectivity index (χ2v) is 5.82. The van der Waals surface area contributed by atoms with E-state index < -0.39 is 5.82 Å². The Bertz CT molecular complexity index is 599. The molecule has 106 valence electrons. The highest BCUT2D eigenvalue weighted by Crippen LogP contribution is 2.25. The van der Waals surface area contributed by atoms with Crippen LogP contribution in [0.2, 0.25) is 5.02 Å². The summed E-state index contributed by atoms with van der Waals surface area (Å²) in [7, 11) is 1.80. The fourth-order valence-electron chi connectivity index (χ4n) is 2.07. The van der Waals surface area contributed by atoms with E-state index in [0.29, 0.717) is 10.9 Å². The van der Waals surface area contributed by atoms with Crippen molar-refractivity contribution in [2.24, 2.45) is 0 Å². The molecule has 1 atom stereocenters. The van der Waals surface area contributed by atoms with E-state index >= 15 is 0 Å². The minimum Gasteiger partial charge on any atom is -0.313 e. The van der Waals surface area contributed by atoms with E-state index in [9.17, 15) is 8.78 Å². The number of hydrogen-bond donors (Lipinski definition) is 1. The summed E-state index contributed by atoms with van der Waals surface area (Å²) in [6.45, 7) is 0. The molecule has 0 heterocycles. The van der Waals surface area contributed by atoms with Crippen molar-refractivity contribution in [2.75, 3.05) is 7.05 Å². The molecule has 2 aromatic rings. The van der Waals surface area contributed by atoms with Crippen LogP contribution < -0.4 is 5.32 Å². The van der Waals surface area contributed by atoms with Crippen molar-refractivity contribution < 1.29 is 8.78 Å². The van der Waals surface area contributed by atoms with Crippen LogP contribution >= 0.6 is 27.5 Å². The predicted molar refractivity (Wildman–Crippen MR) is 81.0 cm³/mol. The third-order valence-corrected chi connectivity index (χ3v) is 3.81. The maximum Gasteiger partial charge on any atom is 0.141 e. The van der Waals surface area contributed by atoms with Gasteiger partial charge in [0, 0.05) is 10.5 Å². The zero-order valence-electron chi connectivity index (χ0n) is 10.8. The van der Waals surface area contributed by atoms with Crippen molar-refractivity contribution in [3.05, 3.63) is 68.7 Å². The molecule has 0 fully saturated rings. The van der Waals surface area contributed by atoms with Crippen LogP contribution in [0.3, 0.4) is 0 Å². The molecule has 20 heavy (non-hydrogen) atoms. The van der Waals surface area contributed by atoms with Crippen molar-refractivity contribution >= 4 is 27.5 Å². The molecule has 0 saturated carbocycles. The van der Waals surface area contributed by atoms with Gasteiger partial charge in [0.25, 0.3) is 0 Å². The first-order valence-electron chi connectivity index (χ1n) is 6.07. The molecule has 0 aliphatic carbocycles. The molecule has 0 aliphatic rings. The molecule has 0 amide bonds. The minimum atomic E-state index is -0.440. The lowest BCUT2D eigenvalue weighted by Crippen LogP contribution is -2.19. The van der Waals surface area contributed by atoms with Gasteiger partial charge in [0.15, 0.2) is 0 Å². The molecule has 1 nitrogen and oxygen atoms in total. The standard InChI is InChI=1S/C15H13BrClF2N/c1-20-15(10-6-11(16)8-12(18)7-10)5-9-2-3-14(19)13(17)4-9/h2-4,6-8,15,20H,5H2,1H3. The van der Waals surface area contributed by atoms with Gasteiger partial charge in [-0.3, -0.25) is 0 Å². The van der Waals surface area contributed by atoms with E-state index in [4.69, 9.17) is 11.6 Å². The van der Waals surface area contributed by atoms with Gasteiger partial charge in [-0.15, -0.1) is 0 Å². The summed E-state index contributed by atoms with van der Waals surface area (Å²) in [6.07, 6.45) is 0.590. The maximum absolute atomic E-state index is 13.5. The SMILES string of the molecule is CNC(Cc1ccc(F)c(Cl)c1)c1cc(F)cc(Br)c1. The van der Waals surface area contributed by atoms with Gasteiger partial charge in [0.05, 0.1) is 5.02 Å². The van der Waals surface area contributed by atoms with Gasteiger partial charge in [-0.05, 0) is 54.9 Å². The highest BCUT2D eigenvalue weighted by atomic mass is 79.9. The van der Waals surface area contributed by atoms with Crippen molar-refractivity contribution in [2.45, 2.75) is 12.5 Å². The lowest BCUT2D eigenvalue weighted by Gasteiger charge is -2.17. The first-order chi connectivity index (χ1) is 9.49. The zero-order chi connectivity index (χ0) is 14.7. The molecule has 2 rings (SSSR count). The van der Waals surface area contributed by atoms with Crippen LogP contribution in [0.15, 0.2) is 40.9 Å². The van der Waals surface area contributed by atoms with E-state index in [1.54, 1.807) is 19.2 Å². The summed E-state index contributed by atoms with van der Waals surface area (Å²) >= 11 is 9.05. The van der Waals surface area contributed by atoms with E-state index in [0.717, 1.165) is 11.1 Å². The molecule has 2 aromatic carbocycles. The van der Waals surface area contributed by atoms with E-state index in [1.165, 1.54) is 18.2 Å². The number of benzene rings is 2. The maximum atomic E-state index is 13.5. The van der Waals surface area contributed by atoms with Crippen LogP contribution in [0.25, 0.3) is 0 Å². The Morgan fingerprint density at radius 3 is 2.55 bits per heavy atom. The quantitative estimate of drug-likeness (QED) is 0.819. The molecular formula is C15H13BrClF2N. The Kier molecular flexibility index (Phi) is 5.13. The Labute approximate surface area is 130 Å². The highest BCUT2D eigenvalue weighted by Gasteiger charge is 2.13. The highest BCUT2D eigenvalue weighted by molar-refractivity contribution is 9.10. The molecule has 1 unspecified atom stereocenters. The Balaban J connectivity index is 2.26. The van der Waals surface area contributed by atoms with Crippen LogP contribution in [0.5, 0.6) is 0 Å². The Morgan fingerprint density at radius 1 is 1.20 bits per heavy atom. The van der Waals surface area contributed by atoms with Crippen molar-refractivity contribution in [3.63, 3.8) is 0 Å². The fraction of sp³-hybridized carbons (Fsp3) is 0.200. The van der Waals surface area contributed by atoms with Gasteiger partial charge in [0.1, 0.15) is 11.6 Å². The molecule has 0 saturated heterocycles. The first-order valence-corrected chi connectivity index (χ1v) is 7.24. The van der Waals surface area contributed by atoms with Crippen LogP contribution in [0, 0.1) is 11.6 Å². The fourth-order valence-corrected chi connectivity index (χ4v) is 2.75. The molecule has 0 spiro atoms. The zero-order valence-corrected chi connectivity index (χ0v) is 13.1. The van der Waals surface area contributed by atoms with Crippen LogP contribution in [-0.4, -0.2) is 7.05 Å². The lowest BCUT2D eigenvalue weighted by atomic mass is 9.99. The van der Waals surface area contributed by atoms with Crippen LogP contribution in [0.4, 0.5) is 8.78 Å². The molecule has 0 bridgehead atoms. The van der Waals surface area contributed by atoms with E-state index in [1.807, 2.05) is 6.07 Å². The number of halogens is 4. The normalized spacial score (nSPS) is 12.4. The van der Waals surface area contributed by atoms with E-state index in [-0.39, 0.29) is 16.9 Å². The van der Waals surface area contributed by atoms with Gasteiger partial charge in [0.2, 0.25) is 0 Å². The van der Waals surface area contributed by atoms with Gasteiger partial charge in [-0.25, -0.2) is 8.78 Å². The van der Waals surface area contributed by atoms with Gasteiger partial charge in [-0.2, -0.15) is 0 Å². The largest absolute Gasteiger partial charge is 0.313 e. The Morgan fingerprint density at radius 2 is 1.95 bits per heavy atom. The smallest absolute Gasteiger partial charge is 0.141 e. The number of hydrogen-bond acceptors (Lipinski definition) is 1. The monoisotopic (exact) mass is 359 g/mol. The van der Waals surface area contributed by atoms with Crippen molar-refractivity contribution in [1.82, 2.24) is 5.32 Å². The number of likely N-dealkylation sites (N-methyl/N-ethyl adjacent to an activating group) is 1. The first kappa shape index (κ1) is 15.4. The molecule has 0 aromatic heterocycles. The third-order valence-electron chi connectivity index (χ3n) is 3.06. The van der Waals surface area contributed by atoms with Crippen LogP contribution in [-0.2, 0) is 6.42 Å².